The highest BCUT2D eigenvalue weighted by atomic mass is 16.3. The molecule has 54 heavy (non-hydrogen) atoms. The maximum atomic E-state index is 10.5. The standard InChI is InChI=1S/C51H34N2O/c1-51(2)44-28-33(32-17-22-39-37-11-4-3-9-35(37)36-10-5-6-12-38(36)43(39)27-32)18-23-40(44)41-24-19-34(29-45(41)51)46-25-20-30-15-16-31-21-26-47(53-50(31)49(30)52-46)42-13-7-8-14-48(42)54/h3-29,54H,1-2H3. The van der Waals surface area contributed by atoms with Crippen molar-refractivity contribution in [2.24, 2.45) is 0 Å². The summed E-state index contributed by atoms with van der Waals surface area (Å²) in [5.41, 5.74) is 12.6. The van der Waals surface area contributed by atoms with Crippen molar-refractivity contribution < 1.29 is 5.11 Å². The lowest BCUT2D eigenvalue weighted by atomic mass is 9.81. The molecule has 0 saturated carbocycles. The van der Waals surface area contributed by atoms with Gasteiger partial charge in [-0.15, -0.1) is 0 Å². The number of para-hydroxylation sites is 1. The molecule has 10 aromatic rings. The van der Waals surface area contributed by atoms with E-state index in [9.17, 15) is 5.11 Å². The molecule has 3 nitrogen and oxygen atoms in total. The largest absolute Gasteiger partial charge is 0.507 e. The van der Waals surface area contributed by atoms with Crippen LogP contribution in [-0.2, 0) is 5.41 Å². The Hall–Kier alpha value is -6.84. The molecule has 2 heterocycles. The second kappa shape index (κ2) is 11.3. The summed E-state index contributed by atoms with van der Waals surface area (Å²) >= 11 is 0. The Labute approximate surface area is 312 Å². The molecule has 0 saturated heterocycles. The first-order chi connectivity index (χ1) is 26.4. The molecule has 11 rings (SSSR count). The van der Waals surface area contributed by atoms with E-state index in [0.717, 1.165) is 38.8 Å². The van der Waals surface area contributed by atoms with E-state index in [1.165, 1.54) is 65.7 Å². The molecule has 254 valence electrons. The fourth-order valence-corrected chi connectivity index (χ4v) is 8.93. The highest BCUT2D eigenvalue weighted by molar-refractivity contribution is 6.25. The third kappa shape index (κ3) is 4.48. The van der Waals surface area contributed by atoms with Gasteiger partial charge in [0.1, 0.15) is 5.75 Å². The van der Waals surface area contributed by atoms with Gasteiger partial charge >= 0.3 is 0 Å². The van der Waals surface area contributed by atoms with Crippen molar-refractivity contribution in [1.29, 1.82) is 0 Å². The molecule has 1 aliphatic carbocycles. The molecule has 0 fully saturated rings. The molecule has 3 heteroatoms. The van der Waals surface area contributed by atoms with Crippen molar-refractivity contribution >= 4 is 54.1 Å². The van der Waals surface area contributed by atoms with Crippen molar-refractivity contribution in [1.82, 2.24) is 9.97 Å². The van der Waals surface area contributed by atoms with Crippen LogP contribution in [-0.4, -0.2) is 15.1 Å². The molecule has 0 unspecified atom stereocenters. The zero-order valence-corrected chi connectivity index (χ0v) is 29.9. The fourth-order valence-electron chi connectivity index (χ4n) is 8.93. The van der Waals surface area contributed by atoms with E-state index in [1.807, 2.05) is 24.3 Å². The summed E-state index contributed by atoms with van der Waals surface area (Å²) in [4.78, 5) is 10.3. The molecule has 0 aliphatic heterocycles. The molecule has 0 atom stereocenters. The Morgan fingerprint density at radius 1 is 0.389 bits per heavy atom. The third-order valence-electron chi connectivity index (χ3n) is 11.7. The van der Waals surface area contributed by atoms with Gasteiger partial charge in [0.15, 0.2) is 0 Å². The maximum absolute atomic E-state index is 10.5. The molecule has 1 aliphatic rings. The first kappa shape index (κ1) is 30.8. The van der Waals surface area contributed by atoms with E-state index >= 15 is 0 Å². The normalized spacial score (nSPS) is 13.2. The van der Waals surface area contributed by atoms with E-state index in [0.29, 0.717) is 5.56 Å². The fraction of sp³-hybridized carbons (Fsp3) is 0.0588. The minimum Gasteiger partial charge on any atom is -0.507 e. The number of hydrogen-bond donors (Lipinski definition) is 1. The van der Waals surface area contributed by atoms with Crippen LogP contribution in [0.3, 0.4) is 0 Å². The minimum atomic E-state index is -0.200. The van der Waals surface area contributed by atoms with Crippen molar-refractivity contribution in [3.05, 3.63) is 175 Å². The summed E-state index contributed by atoms with van der Waals surface area (Å²) < 4.78 is 0. The smallest absolute Gasteiger partial charge is 0.124 e. The summed E-state index contributed by atoms with van der Waals surface area (Å²) in [5.74, 6) is 0.215. The number of pyridine rings is 2. The SMILES string of the molecule is CC1(C)c2cc(-c3ccc4c5ccccc5c5ccccc5c4c3)ccc2-c2ccc(-c3ccc4ccc5ccc(-c6ccccc6O)nc5c4n3)cc21. The molecule has 0 radical (unpaired) electrons. The summed E-state index contributed by atoms with van der Waals surface area (Å²) in [6, 6.07) is 58.1. The van der Waals surface area contributed by atoms with Gasteiger partial charge in [-0.05, 0) is 108 Å². The average molecular weight is 691 g/mol. The first-order valence-corrected chi connectivity index (χ1v) is 18.5. The van der Waals surface area contributed by atoms with Gasteiger partial charge in [0.25, 0.3) is 0 Å². The van der Waals surface area contributed by atoms with Crippen LogP contribution in [0.1, 0.15) is 25.0 Å². The Balaban J connectivity index is 0.999. The Morgan fingerprint density at radius 3 is 1.50 bits per heavy atom. The molecular formula is C51H34N2O. The number of aromatic hydroxyl groups is 1. The third-order valence-corrected chi connectivity index (χ3v) is 11.7. The van der Waals surface area contributed by atoms with Gasteiger partial charge < -0.3 is 5.11 Å². The van der Waals surface area contributed by atoms with Gasteiger partial charge in [-0.2, -0.15) is 0 Å². The molecule has 0 bridgehead atoms. The van der Waals surface area contributed by atoms with E-state index < -0.39 is 0 Å². The number of nitrogens with zero attached hydrogens (tertiary/aromatic N) is 2. The lowest BCUT2D eigenvalue weighted by Crippen LogP contribution is -2.15. The van der Waals surface area contributed by atoms with Gasteiger partial charge in [0.2, 0.25) is 0 Å². The number of aromatic nitrogens is 2. The van der Waals surface area contributed by atoms with Crippen LogP contribution in [0.15, 0.2) is 164 Å². The summed E-state index contributed by atoms with van der Waals surface area (Å²) in [6.45, 7) is 4.69. The van der Waals surface area contributed by atoms with Gasteiger partial charge in [0.05, 0.1) is 22.4 Å². The van der Waals surface area contributed by atoms with E-state index in [2.05, 4.69) is 147 Å². The number of phenolic OH excluding ortho intramolecular Hbond substituents is 1. The Bertz CT molecular complexity index is 3180. The van der Waals surface area contributed by atoms with Crippen LogP contribution in [0.4, 0.5) is 0 Å². The maximum Gasteiger partial charge on any atom is 0.124 e. The Kier molecular flexibility index (Phi) is 6.45. The van der Waals surface area contributed by atoms with E-state index in [1.54, 1.807) is 6.07 Å². The van der Waals surface area contributed by atoms with Gasteiger partial charge in [-0.1, -0.05) is 135 Å². The minimum absolute atomic E-state index is 0.200. The molecule has 0 amide bonds. The molecule has 2 aromatic heterocycles. The number of hydrogen-bond acceptors (Lipinski definition) is 3. The lowest BCUT2D eigenvalue weighted by molar-refractivity contribution is 0.477. The lowest BCUT2D eigenvalue weighted by Gasteiger charge is -2.22. The zero-order valence-electron chi connectivity index (χ0n) is 29.9. The molecule has 1 N–H and O–H groups in total. The van der Waals surface area contributed by atoms with Crippen molar-refractivity contribution in [2.45, 2.75) is 19.3 Å². The van der Waals surface area contributed by atoms with Crippen LogP contribution < -0.4 is 0 Å². The van der Waals surface area contributed by atoms with Crippen molar-refractivity contribution in [3.8, 4) is 50.5 Å². The zero-order chi connectivity index (χ0) is 36.1. The first-order valence-electron chi connectivity index (χ1n) is 18.5. The van der Waals surface area contributed by atoms with Crippen LogP contribution in [0.2, 0.25) is 0 Å². The van der Waals surface area contributed by atoms with Crippen LogP contribution in [0.25, 0.3) is 98.9 Å². The predicted molar refractivity (Wildman–Crippen MR) is 225 cm³/mol. The highest BCUT2D eigenvalue weighted by Gasteiger charge is 2.36. The van der Waals surface area contributed by atoms with E-state index in [-0.39, 0.29) is 11.2 Å². The van der Waals surface area contributed by atoms with Crippen LogP contribution >= 0.6 is 0 Å². The van der Waals surface area contributed by atoms with Gasteiger partial charge in [-0.25, -0.2) is 9.97 Å². The number of fused-ring (bicyclic) bond motifs is 12. The predicted octanol–water partition coefficient (Wildman–Crippen LogP) is 13.3. The van der Waals surface area contributed by atoms with Gasteiger partial charge in [-0.3, -0.25) is 0 Å². The average Bonchev–Trinajstić information content (AvgIpc) is 3.45. The molecule has 8 aromatic carbocycles. The Morgan fingerprint density at radius 2 is 0.852 bits per heavy atom. The second-order valence-corrected chi connectivity index (χ2v) is 15.1. The molecule has 0 spiro atoms. The second-order valence-electron chi connectivity index (χ2n) is 15.1. The van der Waals surface area contributed by atoms with Crippen molar-refractivity contribution in [3.63, 3.8) is 0 Å². The number of rotatable bonds is 3. The number of phenols is 1. The number of benzene rings is 8. The monoisotopic (exact) mass is 690 g/mol. The van der Waals surface area contributed by atoms with E-state index in [4.69, 9.17) is 9.97 Å². The quantitative estimate of drug-likeness (QED) is 0.188. The van der Waals surface area contributed by atoms with Gasteiger partial charge in [0, 0.05) is 27.3 Å². The van der Waals surface area contributed by atoms with Crippen molar-refractivity contribution in [2.75, 3.05) is 0 Å². The molecular weight excluding hydrogens is 657 g/mol. The summed E-state index contributed by atoms with van der Waals surface area (Å²) in [6.07, 6.45) is 0. The van der Waals surface area contributed by atoms with Crippen LogP contribution in [0.5, 0.6) is 5.75 Å². The summed E-state index contributed by atoms with van der Waals surface area (Å²) in [5, 5.41) is 20.3. The van der Waals surface area contributed by atoms with Crippen LogP contribution in [0, 0.1) is 0 Å². The highest BCUT2D eigenvalue weighted by Crippen LogP contribution is 2.51. The topological polar surface area (TPSA) is 46.0 Å². The summed E-state index contributed by atoms with van der Waals surface area (Å²) in [7, 11) is 0.